The molecule has 2 aliphatic rings. The van der Waals surface area contributed by atoms with Crippen LogP contribution in [0, 0.1) is 5.82 Å². The monoisotopic (exact) mass is 490 g/mol. The van der Waals surface area contributed by atoms with E-state index in [0.29, 0.717) is 38.5 Å². The molecular weight excluding hydrogens is 459 g/mol. The van der Waals surface area contributed by atoms with Gasteiger partial charge >= 0.3 is 12.1 Å². The number of ether oxygens (including phenoxy) is 3. The third kappa shape index (κ3) is 6.09. The summed E-state index contributed by atoms with van der Waals surface area (Å²) in [7, 11) is 0. The largest absolute Gasteiger partial charge is 0.444 e. The standard InChI is InChI=1S/C24H31FN4O4S/c1-23(2,3)33-22(30)29-12-13-31-24(16-29)8-10-28(11-9-24)19-15-20(34-4)27-21(26-19)32-18-7-5-6-17(25)14-18/h5-7,14-15H,8-13,16H2,1-4H3. The molecule has 1 spiro atoms. The number of benzene rings is 1. The van der Waals surface area contributed by atoms with E-state index in [9.17, 15) is 9.18 Å². The van der Waals surface area contributed by atoms with Gasteiger partial charge in [-0.25, -0.2) is 9.18 Å². The van der Waals surface area contributed by atoms with Crippen LogP contribution >= 0.6 is 11.8 Å². The van der Waals surface area contributed by atoms with Crippen LogP contribution in [0.1, 0.15) is 33.6 Å². The number of anilines is 1. The molecule has 3 heterocycles. The summed E-state index contributed by atoms with van der Waals surface area (Å²) in [5, 5.41) is 0.765. The number of hydrogen-bond donors (Lipinski definition) is 0. The Balaban J connectivity index is 1.44. The molecule has 2 fully saturated rings. The van der Waals surface area contributed by atoms with Crippen LogP contribution in [0.2, 0.25) is 0 Å². The van der Waals surface area contributed by atoms with Crippen molar-refractivity contribution in [3.05, 3.63) is 36.1 Å². The Morgan fingerprint density at radius 3 is 2.62 bits per heavy atom. The highest BCUT2D eigenvalue weighted by atomic mass is 32.2. The van der Waals surface area contributed by atoms with E-state index in [0.717, 1.165) is 23.7 Å². The first kappa shape index (κ1) is 24.5. The quantitative estimate of drug-likeness (QED) is 0.450. The molecule has 0 saturated carbocycles. The summed E-state index contributed by atoms with van der Waals surface area (Å²) in [6, 6.07) is 8.01. The van der Waals surface area contributed by atoms with E-state index in [1.807, 2.05) is 33.1 Å². The number of hydrogen-bond acceptors (Lipinski definition) is 8. The minimum Gasteiger partial charge on any atom is -0.444 e. The molecule has 34 heavy (non-hydrogen) atoms. The number of morpholine rings is 1. The van der Waals surface area contributed by atoms with E-state index in [-0.39, 0.29) is 23.5 Å². The molecule has 0 radical (unpaired) electrons. The first-order chi connectivity index (χ1) is 16.1. The van der Waals surface area contributed by atoms with E-state index >= 15 is 0 Å². The topological polar surface area (TPSA) is 77.0 Å². The van der Waals surface area contributed by atoms with E-state index < -0.39 is 5.60 Å². The molecule has 184 valence electrons. The van der Waals surface area contributed by atoms with Crippen LogP contribution in [0.15, 0.2) is 35.4 Å². The van der Waals surface area contributed by atoms with Gasteiger partial charge in [0.2, 0.25) is 0 Å². The Morgan fingerprint density at radius 2 is 1.94 bits per heavy atom. The molecular formula is C24H31FN4O4S. The van der Waals surface area contributed by atoms with Gasteiger partial charge in [-0.3, -0.25) is 0 Å². The number of rotatable bonds is 4. The number of halogens is 1. The lowest BCUT2D eigenvalue weighted by atomic mass is 9.89. The van der Waals surface area contributed by atoms with Gasteiger partial charge in [0, 0.05) is 31.8 Å². The maximum Gasteiger partial charge on any atom is 0.410 e. The van der Waals surface area contributed by atoms with Gasteiger partial charge < -0.3 is 24.0 Å². The molecule has 0 unspecified atom stereocenters. The Bertz CT molecular complexity index is 1020. The zero-order valence-electron chi connectivity index (χ0n) is 20.0. The molecule has 10 heteroatoms. The summed E-state index contributed by atoms with van der Waals surface area (Å²) in [6.07, 6.45) is 3.15. The summed E-state index contributed by atoms with van der Waals surface area (Å²) >= 11 is 1.49. The van der Waals surface area contributed by atoms with Crippen molar-refractivity contribution in [1.29, 1.82) is 0 Å². The van der Waals surface area contributed by atoms with Gasteiger partial charge in [-0.05, 0) is 52.0 Å². The van der Waals surface area contributed by atoms with Crippen molar-refractivity contribution < 1.29 is 23.4 Å². The second-order valence-corrected chi connectivity index (χ2v) is 10.4. The first-order valence-electron chi connectivity index (χ1n) is 11.4. The van der Waals surface area contributed by atoms with Crippen LogP contribution < -0.4 is 9.64 Å². The van der Waals surface area contributed by atoms with Crippen LogP contribution in [0.3, 0.4) is 0 Å². The summed E-state index contributed by atoms with van der Waals surface area (Å²) in [5.41, 5.74) is -0.916. The summed E-state index contributed by atoms with van der Waals surface area (Å²) in [6.45, 7) is 8.59. The lowest BCUT2D eigenvalue weighted by Crippen LogP contribution is -2.58. The van der Waals surface area contributed by atoms with Crippen molar-refractivity contribution in [3.8, 4) is 11.8 Å². The Kier molecular flexibility index (Phi) is 7.18. The summed E-state index contributed by atoms with van der Waals surface area (Å²) in [5.74, 6) is 0.716. The SMILES string of the molecule is CSc1cc(N2CCC3(CC2)CN(C(=O)OC(C)(C)C)CCO3)nc(Oc2cccc(F)c2)n1. The van der Waals surface area contributed by atoms with Gasteiger partial charge in [0.15, 0.2) is 0 Å². The maximum atomic E-state index is 13.5. The Morgan fingerprint density at radius 1 is 1.18 bits per heavy atom. The zero-order chi connectivity index (χ0) is 24.3. The molecule has 2 aliphatic heterocycles. The number of piperidine rings is 1. The lowest BCUT2D eigenvalue weighted by Gasteiger charge is -2.47. The zero-order valence-corrected chi connectivity index (χ0v) is 20.9. The van der Waals surface area contributed by atoms with Crippen molar-refractivity contribution in [1.82, 2.24) is 14.9 Å². The maximum absolute atomic E-state index is 13.5. The van der Waals surface area contributed by atoms with Gasteiger partial charge in [0.1, 0.15) is 28.0 Å². The van der Waals surface area contributed by atoms with Gasteiger partial charge in [0.25, 0.3) is 0 Å². The van der Waals surface area contributed by atoms with Gasteiger partial charge in [-0.15, -0.1) is 11.8 Å². The Labute approximate surface area is 203 Å². The fourth-order valence-electron chi connectivity index (χ4n) is 4.11. The highest BCUT2D eigenvalue weighted by Crippen LogP contribution is 2.34. The number of nitrogens with zero attached hydrogens (tertiary/aromatic N) is 4. The minimum absolute atomic E-state index is 0.178. The van der Waals surface area contributed by atoms with E-state index in [4.69, 9.17) is 14.2 Å². The van der Waals surface area contributed by atoms with Crippen molar-refractivity contribution >= 4 is 23.7 Å². The summed E-state index contributed by atoms with van der Waals surface area (Å²) < 4.78 is 31.0. The number of aromatic nitrogens is 2. The van der Waals surface area contributed by atoms with Crippen molar-refractivity contribution in [3.63, 3.8) is 0 Å². The second kappa shape index (κ2) is 9.95. The van der Waals surface area contributed by atoms with Gasteiger partial charge in [0.05, 0.1) is 18.8 Å². The predicted molar refractivity (Wildman–Crippen MR) is 128 cm³/mol. The van der Waals surface area contributed by atoms with Crippen LogP contribution in [-0.4, -0.2) is 71.2 Å². The van der Waals surface area contributed by atoms with E-state index in [2.05, 4.69) is 14.9 Å². The molecule has 4 rings (SSSR count). The highest BCUT2D eigenvalue weighted by Gasteiger charge is 2.42. The smallest absolute Gasteiger partial charge is 0.410 e. The molecule has 1 aromatic heterocycles. The van der Waals surface area contributed by atoms with Crippen LogP contribution in [0.25, 0.3) is 0 Å². The lowest BCUT2D eigenvalue weighted by molar-refractivity contribution is -0.119. The molecule has 2 aromatic rings. The molecule has 1 aromatic carbocycles. The molecule has 0 aliphatic carbocycles. The summed E-state index contributed by atoms with van der Waals surface area (Å²) in [4.78, 5) is 25.5. The molecule has 8 nitrogen and oxygen atoms in total. The van der Waals surface area contributed by atoms with E-state index in [1.165, 1.54) is 23.9 Å². The fraction of sp³-hybridized carbons (Fsp3) is 0.542. The van der Waals surface area contributed by atoms with Crippen molar-refractivity contribution in [2.45, 2.75) is 49.8 Å². The number of amides is 1. The van der Waals surface area contributed by atoms with Crippen molar-refractivity contribution in [2.75, 3.05) is 43.9 Å². The van der Waals surface area contributed by atoms with Crippen molar-refractivity contribution in [2.24, 2.45) is 0 Å². The molecule has 2 saturated heterocycles. The molecule has 0 bridgehead atoms. The second-order valence-electron chi connectivity index (χ2n) is 9.53. The molecule has 0 atom stereocenters. The number of thioether (sulfide) groups is 1. The van der Waals surface area contributed by atoms with Crippen LogP contribution in [0.5, 0.6) is 11.8 Å². The average molecular weight is 491 g/mol. The first-order valence-corrected chi connectivity index (χ1v) is 12.6. The average Bonchev–Trinajstić information content (AvgIpc) is 2.78. The Hall–Kier alpha value is -2.59. The number of carbonyl (C=O) groups is 1. The van der Waals surface area contributed by atoms with Crippen LogP contribution in [0.4, 0.5) is 15.0 Å². The number of carbonyl (C=O) groups excluding carboxylic acids is 1. The van der Waals surface area contributed by atoms with Crippen LogP contribution in [-0.2, 0) is 9.47 Å². The molecule has 0 N–H and O–H groups in total. The third-order valence-electron chi connectivity index (χ3n) is 5.78. The van der Waals surface area contributed by atoms with E-state index in [1.54, 1.807) is 17.0 Å². The fourth-order valence-corrected chi connectivity index (χ4v) is 4.51. The third-order valence-corrected chi connectivity index (χ3v) is 6.41. The normalized spacial score (nSPS) is 18.1. The highest BCUT2D eigenvalue weighted by molar-refractivity contribution is 7.98. The van der Waals surface area contributed by atoms with Gasteiger partial charge in [-0.2, -0.15) is 9.97 Å². The molecule has 1 amide bonds. The van der Waals surface area contributed by atoms with Gasteiger partial charge in [-0.1, -0.05) is 6.07 Å². The minimum atomic E-state index is -0.529. The predicted octanol–water partition coefficient (Wildman–Crippen LogP) is 4.74.